The molecule has 2 aliphatic heterocycles. The van der Waals surface area contributed by atoms with E-state index in [-0.39, 0.29) is 10.9 Å². The summed E-state index contributed by atoms with van der Waals surface area (Å²) >= 11 is 0. The van der Waals surface area contributed by atoms with Crippen LogP contribution in [0.3, 0.4) is 0 Å². The van der Waals surface area contributed by atoms with Crippen LogP contribution in [0.4, 0.5) is 0 Å². The zero-order valence-corrected chi connectivity index (χ0v) is 15.0. The van der Waals surface area contributed by atoms with Gasteiger partial charge in [0, 0.05) is 45.3 Å². The van der Waals surface area contributed by atoms with Gasteiger partial charge in [0.05, 0.1) is 14.2 Å². The Morgan fingerprint density at radius 2 is 1.71 bits per heavy atom. The summed E-state index contributed by atoms with van der Waals surface area (Å²) in [5, 5.41) is 3.33. The van der Waals surface area contributed by atoms with E-state index in [2.05, 4.69) is 10.2 Å². The molecule has 0 aliphatic carbocycles. The first kappa shape index (κ1) is 17.5. The van der Waals surface area contributed by atoms with Crippen molar-refractivity contribution in [3.8, 4) is 11.5 Å². The van der Waals surface area contributed by atoms with Crippen molar-refractivity contribution in [1.29, 1.82) is 0 Å². The summed E-state index contributed by atoms with van der Waals surface area (Å²) in [6.07, 6.45) is 0.858. The second-order valence-corrected chi connectivity index (χ2v) is 7.96. The maximum absolute atomic E-state index is 13.2. The van der Waals surface area contributed by atoms with Gasteiger partial charge in [-0.05, 0) is 18.6 Å². The molecule has 0 aromatic heterocycles. The molecule has 0 radical (unpaired) electrons. The topological polar surface area (TPSA) is 71.1 Å². The molecule has 1 aromatic rings. The number of rotatable bonds is 5. The van der Waals surface area contributed by atoms with E-state index in [9.17, 15) is 8.42 Å². The highest BCUT2D eigenvalue weighted by Crippen LogP contribution is 2.36. The molecule has 2 fully saturated rings. The zero-order valence-electron chi connectivity index (χ0n) is 14.2. The van der Waals surface area contributed by atoms with Crippen LogP contribution in [-0.4, -0.2) is 77.2 Å². The van der Waals surface area contributed by atoms with Gasteiger partial charge in [0.15, 0.2) is 4.90 Å². The molecule has 2 heterocycles. The molecular formula is C16H25N3O4S. The summed E-state index contributed by atoms with van der Waals surface area (Å²) in [5.41, 5.74) is 0. The summed E-state index contributed by atoms with van der Waals surface area (Å²) in [6.45, 7) is 4.90. The van der Waals surface area contributed by atoms with Gasteiger partial charge in [-0.1, -0.05) is 6.07 Å². The quantitative estimate of drug-likeness (QED) is 0.823. The average Bonchev–Trinajstić information content (AvgIpc) is 3.12. The molecule has 134 valence electrons. The van der Waals surface area contributed by atoms with Gasteiger partial charge < -0.3 is 14.8 Å². The van der Waals surface area contributed by atoms with Crippen molar-refractivity contribution in [3.63, 3.8) is 0 Å². The van der Waals surface area contributed by atoms with E-state index in [1.165, 1.54) is 14.2 Å². The van der Waals surface area contributed by atoms with Crippen LogP contribution in [0.1, 0.15) is 6.42 Å². The lowest BCUT2D eigenvalue weighted by atomic mass is 10.2. The third-order valence-corrected chi connectivity index (χ3v) is 6.70. The second kappa shape index (κ2) is 7.26. The Labute approximate surface area is 143 Å². The number of methoxy groups -OCH3 is 2. The highest BCUT2D eigenvalue weighted by molar-refractivity contribution is 7.89. The maximum atomic E-state index is 13.2. The SMILES string of the molecule is COc1cccc(OC)c1S(=O)(=O)N1CCC(N2CCNCC2)C1. The average molecular weight is 355 g/mol. The van der Waals surface area contributed by atoms with E-state index < -0.39 is 10.0 Å². The molecule has 8 heteroatoms. The van der Waals surface area contributed by atoms with E-state index in [4.69, 9.17) is 9.47 Å². The third-order valence-electron chi connectivity index (χ3n) is 4.77. The summed E-state index contributed by atoms with van der Waals surface area (Å²) in [6, 6.07) is 5.31. The van der Waals surface area contributed by atoms with Crippen molar-refractivity contribution in [3.05, 3.63) is 18.2 Å². The molecule has 2 saturated heterocycles. The van der Waals surface area contributed by atoms with Crippen LogP contribution in [0, 0.1) is 0 Å². The maximum Gasteiger partial charge on any atom is 0.250 e. The van der Waals surface area contributed by atoms with Crippen molar-refractivity contribution in [2.24, 2.45) is 0 Å². The minimum Gasteiger partial charge on any atom is -0.495 e. The zero-order chi connectivity index (χ0) is 17.2. The van der Waals surface area contributed by atoms with Crippen LogP contribution in [0.15, 0.2) is 23.1 Å². The van der Waals surface area contributed by atoms with Gasteiger partial charge in [0.1, 0.15) is 11.5 Å². The molecule has 1 aromatic carbocycles. The Morgan fingerprint density at radius 1 is 1.08 bits per heavy atom. The van der Waals surface area contributed by atoms with Crippen molar-refractivity contribution >= 4 is 10.0 Å². The van der Waals surface area contributed by atoms with E-state index in [0.717, 1.165) is 32.6 Å². The van der Waals surface area contributed by atoms with Crippen molar-refractivity contribution in [1.82, 2.24) is 14.5 Å². The first-order valence-electron chi connectivity index (χ1n) is 8.24. The Kier molecular flexibility index (Phi) is 5.29. The fourth-order valence-corrected chi connectivity index (χ4v) is 5.26. The lowest BCUT2D eigenvalue weighted by molar-refractivity contribution is 0.179. The van der Waals surface area contributed by atoms with Crippen LogP contribution < -0.4 is 14.8 Å². The number of sulfonamides is 1. The van der Waals surface area contributed by atoms with E-state index >= 15 is 0 Å². The fraction of sp³-hybridized carbons (Fsp3) is 0.625. The first-order chi connectivity index (χ1) is 11.6. The van der Waals surface area contributed by atoms with E-state index in [1.807, 2.05) is 0 Å². The summed E-state index contributed by atoms with van der Waals surface area (Å²) in [5.74, 6) is 0.639. The van der Waals surface area contributed by atoms with Crippen molar-refractivity contribution in [2.75, 3.05) is 53.5 Å². The van der Waals surface area contributed by atoms with Gasteiger partial charge in [-0.15, -0.1) is 0 Å². The van der Waals surface area contributed by atoms with Crippen LogP contribution in [0.25, 0.3) is 0 Å². The molecule has 1 N–H and O–H groups in total. The first-order valence-corrected chi connectivity index (χ1v) is 9.68. The minimum absolute atomic E-state index is 0.121. The molecule has 0 spiro atoms. The Hall–Kier alpha value is -1.35. The van der Waals surface area contributed by atoms with E-state index in [1.54, 1.807) is 22.5 Å². The summed E-state index contributed by atoms with van der Waals surface area (Å²) in [7, 11) is -0.708. The van der Waals surface area contributed by atoms with Gasteiger partial charge in [-0.2, -0.15) is 4.31 Å². The van der Waals surface area contributed by atoms with Gasteiger partial charge in [0.2, 0.25) is 0 Å². The van der Waals surface area contributed by atoms with Gasteiger partial charge in [-0.25, -0.2) is 8.42 Å². The molecule has 24 heavy (non-hydrogen) atoms. The molecule has 1 atom stereocenters. The molecule has 0 amide bonds. The number of hydrogen-bond acceptors (Lipinski definition) is 6. The van der Waals surface area contributed by atoms with Crippen LogP contribution in [0.5, 0.6) is 11.5 Å². The molecule has 0 saturated carbocycles. The van der Waals surface area contributed by atoms with E-state index in [0.29, 0.717) is 24.6 Å². The largest absolute Gasteiger partial charge is 0.495 e. The highest BCUT2D eigenvalue weighted by atomic mass is 32.2. The number of piperazine rings is 1. The van der Waals surface area contributed by atoms with Crippen LogP contribution in [0.2, 0.25) is 0 Å². The lowest BCUT2D eigenvalue weighted by Gasteiger charge is -2.32. The lowest BCUT2D eigenvalue weighted by Crippen LogP contribution is -2.49. The van der Waals surface area contributed by atoms with Crippen LogP contribution in [-0.2, 0) is 10.0 Å². The highest BCUT2D eigenvalue weighted by Gasteiger charge is 2.38. The summed E-state index contributed by atoms with van der Waals surface area (Å²) < 4.78 is 38.4. The van der Waals surface area contributed by atoms with Crippen molar-refractivity contribution in [2.45, 2.75) is 17.4 Å². The fourth-order valence-electron chi connectivity index (χ4n) is 3.47. The Bertz CT molecular complexity index is 652. The molecule has 0 bridgehead atoms. The molecule has 1 unspecified atom stereocenters. The van der Waals surface area contributed by atoms with Crippen molar-refractivity contribution < 1.29 is 17.9 Å². The smallest absolute Gasteiger partial charge is 0.250 e. The minimum atomic E-state index is -3.65. The Balaban J connectivity index is 1.84. The number of ether oxygens (including phenoxy) is 2. The number of hydrogen-bond donors (Lipinski definition) is 1. The molecule has 2 aliphatic rings. The Morgan fingerprint density at radius 3 is 2.29 bits per heavy atom. The van der Waals surface area contributed by atoms with Gasteiger partial charge >= 0.3 is 0 Å². The third kappa shape index (κ3) is 3.23. The predicted octanol–water partition coefficient (Wildman–Crippen LogP) is 0.372. The monoisotopic (exact) mass is 355 g/mol. The predicted molar refractivity (Wildman–Crippen MR) is 91.2 cm³/mol. The van der Waals surface area contributed by atoms with Gasteiger partial charge in [-0.3, -0.25) is 4.90 Å². The van der Waals surface area contributed by atoms with Crippen LogP contribution >= 0.6 is 0 Å². The molecule has 3 rings (SSSR count). The standard InChI is InChI=1S/C16H25N3O4S/c1-22-14-4-3-5-15(23-2)16(14)24(20,21)19-9-6-13(12-19)18-10-7-17-8-11-18/h3-5,13,17H,6-12H2,1-2H3. The number of nitrogens with one attached hydrogen (secondary N) is 1. The van der Waals surface area contributed by atoms with Gasteiger partial charge in [0.25, 0.3) is 10.0 Å². The second-order valence-electron chi connectivity index (χ2n) is 6.08. The normalized spacial score (nSPS) is 23.3. The number of nitrogens with zero attached hydrogens (tertiary/aromatic N) is 2. The molecular weight excluding hydrogens is 330 g/mol. The number of benzene rings is 1. The molecule has 7 nitrogen and oxygen atoms in total. The summed E-state index contributed by atoms with van der Waals surface area (Å²) in [4.78, 5) is 2.50.